The zero-order valence-electron chi connectivity index (χ0n) is 11.5. The summed E-state index contributed by atoms with van der Waals surface area (Å²) in [7, 11) is 2.19. The molecule has 18 heavy (non-hydrogen) atoms. The average molecular weight is 248 g/mol. The molecule has 0 saturated carbocycles. The number of hydrogen-bond acceptors (Lipinski definition) is 3. The molecular weight excluding hydrogens is 224 g/mol. The predicted molar refractivity (Wildman–Crippen MR) is 76.4 cm³/mol. The first-order valence-corrected chi connectivity index (χ1v) is 6.96. The molecule has 0 amide bonds. The van der Waals surface area contributed by atoms with Gasteiger partial charge in [0.1, 0.15) is 5.75 Å². The van der Waals surface area contributed by atoms with E-state index in [9.17, 15) is 0 Å². The summed E-state index contributed by atoms with van der Waals surface area (Å²) in [6, 6.07) is 8.86. The Morgan fingerprint density at radius 2 is 2.33 bits per heavy atom. The van der Waals surface area contributed by atoms with Crippen LogP contribution in [0.5, 0.6) is 5.75 Å². The van der Waals surface area contributed by atoms with Crippen LogP contribution in [0.25, 0.3) is 0 Å². The number of anilines is 1. The zero-order chi connectivity index (χ0) is 12.8. The maximum atomic E-state index is 5.66. The van der Waals surface area contributed by atoms with E-state index >= 15 is 0 Å². The van der Waals surface area contributed by atoms with Crippen LogP contribution in [0.1, 0.15) is 26.2 Å². The van der Waals surface area contributed by atoms with Crippen LogP contribution in [0, 0.1) is 0 Å². The van der Waals surface area contributed by atoms with Gasteiger partial charge in [0.15, 0.2) is 0 Å². The minimum absolute atomic E-state index is 0.560. The van der Waals surface area contributed by atoms with Crippen molar-refractivity contribution in [1.82, 2.24) is 4.90 Å². The van der Waals surface area contributed by atoms with Crippen LogP contribution in [0.15, 0.2) is 24.3 Å². The van der Waals surface area contributed by atoms with Gasteiger partial charge in [-0.3, -0.25) is 0 Å². The fourth-order valence-electron chi connectivity index (χ4n) is 2.42. The zero-order valence-corrected chi connectivity index (χ0v) is 11.5. The highest BCUT2D eigenvalue weighted by Gasteiger charge is 2.16. The smallest absolute Gasteiger partial charge is 0.121 e. The van der Waals surface area contributed by atoms with Crippen molar-refractivity contribution >= 4 is 5.69 Å². The van der Waals surface area contributed by atoms with Crippen LogP contribution in [-0.2, 0) is 0 Å². The summed E-state index contributed by atoms with van der Waals surface area (Å²) in [6.45, 7) is 5.26. The third-order valence-corrected chi connectivity index (χ3v) is 3.30. The van der Waals surface area contributed by atoms with Gasteiger partial charge in [-0.15, -0.1) is 0 Å². The molecule has 1 atom stereocenters. The highest BCUT2D eigenvalue weighted by Crippen LogP contribution is 2.20. The molecule has 0 aliphatic carbocycles. The molecule has 1 aromatic carbocycles. The number of likely N-dealkylation sites (tertiary alicyclic amines) is 1. The Balaban J connectivity index is 1.91. The van der Waals surface area contributed by atoms with E-state index in [-0.39, 0.29) is 0 Å². The van der Waals surface area contributed by atoms with Gasteiger partial charge < -0.3 is 15.0 Å². The molecule has 2 rings (SSSR count). The number of nitrogens with one attached hydrogen (secondary N) is 1. The Hall–Kier alpha value is -1.22. The number of nitrogens with zero attached hydrogens (tertiary/aromatic N) is 1. The van der Waals surface area contributed by atoms with Gasteiger partial charge in [0, 0.05) is 24.3 Å². The maximum absolute atomic E-state index is 5.66. The standard InChI is InChI=1S/C15H24N2O/c1-3-10-18-15-8-4-6-13(11-15)16-14-7-5-9-17(2)12-14/h4,6,8,11,14,16H,3,5,7,9-10,12H2,1-2H3. The van der Waals surface area contributed by atoms with Crippen LogP contribution in [0.2, 0.25) is 0 Å². The summed E-state index contributed by atoms with van der Waals surface area (Å²) in [5.41, 5.74) is 1.17. The van der Waals surface area contributed by atoms with Gasteiger partial charge in [0.25, 0.3) is 0 Å². The minimum atomic E-state index is 0.560. The largest absolute Gasteiger partial charge is 0.494 e. The second-order valence-corrected chi connectivity index (χ2v) is 5.12. The quantitative estimate of drug-likeness (QED) is 0.867. The van der Waals surface area contributed by atoms with Gasteiger partial charge in [-0.05, 0) is 45.0 Å². The first kappa shape index (κ1) is 13.2. The molecule has 1 fully saturated rings. The summed E-state index contributed by atoms with van der Waals surface area (Å²) < 4.78 is 5.66. The molecule has 100 valence electrons. The van der Waals surface area contributed by atoms with Crippen molar-refractivity contribution in [2.45, 2.75) is 32.2 Å². The first-order valence-electron chi connectivity index (χ1n) is 6.96. The lowest BCUT2D eigenvalue weighted by molar-refractivity contribution is 0.261. The number of rotatable bonds is 5. The van der Waals surface area contributed by atoms with Crippen molar-refractivity contribution in [3.05, 3.63) is 24.3 Å². The lowest BCUT2D eigenvalue weighted by Crippen LogP contribution is -2.39. The van der Waals surface area contributed by atoms with Crippen LogP contribution in [0.4, 0.5) is 5.69 Å². The van der Waals surface area contributed by atoms with E-state index in [4.69, 9.17) is 4.74 Å². The highest BCUT2D eigenvalue weighted by molar-refractivity contribution is 5.49. The fraction of sp³-hybridized carbons (Fsp3) is 0.600. The molecule has 1 saturated heterocycles. The lowest BCUT2D eigenvalue weighted by atomic mass is 10.1. The Labute approximate surface area is 110 Å². The van der Waals surface area contributed by atoms with E-state index in [2.05, 4.69) is 42.4 Å². The Kier molecular flexibility index (Phi) is 4.88. The molecule has 0 spiro atoms. The van der Waals surface area contributed by atoms with Crippen LogP contribution < -0.4 is 10.1 Å². The fourth-order valence-corrected chi connectivity index (χ4v) is 2.42. The normalized spacial score (nSPS) is 20.7. The summed E-state index contributed by atoms with van der Waals surface area (Å²) in [5.74, 6) is 0.964. The van der Waals surface area contributed by atoms with Gasteiger partial charge in [0.2, 0.25) is 0 Å². The second-order valence-electron chi connectivity index (χ2n) is 5.12. The van der Waals surface area contributed by atoms with Gasteiger partial charge in [-0.2, -0.15) is 0 Å². The van der Waals surface area contributed by atoms with Gasteiger partial charge in [0.05, 0.1) is 6.61 Å². The molecule has 1 aromatic rings. The van der Waals surface area contributed by atoms with Crippen molar-refractivity contribution in [1.29, 1.82) is 0 Å². The molecule has 0 aromatic heterocycles. The lowest BCUT2D eigenvalue weighted by Gasteiger charge is -2.31. The summed E-state index contributed by atoms with van der Waals surface area (Å²) in [5, 5.41) is 3.61. The molecule has 3 nitrogen and oxygen atoms in total. The molecule has 1 aliphatic heterocycles. The van der Waals surface area contributed by atoms with E-state index < -0.39 is 0 Å². The van der Waals surface area contributed by atoms with Crippen molar-refractivity contribution < 1.29 is 4.74 Å². The monoisotopic (exact) mass is 248 g/mol. The first-order chi connectivity index (χ1) is 8.78. The molecule has 0 radical (unpaired) electrons. The van der Waals surface area contributed by atoms with Crippen molar-refractivity contribution in [3.8, 4) is 5.75 Å². The molecule has 1 heterocycles. The summed E-state index contributed by atoms with van der Waals surface area (Å²) in [6.07, 6.45) is 3.58. The molecule has 3 heteroatoms. The topological polar surface area (TPSA) is 24.5 Å². The predicted octanol–water partition coefficient (Wildman–Crippen LogP) is 2.98. The van der Waals surface area contributed by atoms with Crippen LogP contribution in [-0.4, -0.2) is 37.7 Å². The number of hydrogen-bond donors (Lipinski definition) is 1. The molecule has 1 unspecified atom stereocenters. The van der Waals surface area contributed by atoms with E-state index in [0.717, 1.165) is 25.3 Å². The van der Waals surface area contributed by atoms with Crippen molar-refractivity contribution in [3.63, 3.8) is 0 Å². The summed E-state index contributed by atoms with van der Waals surface area (Å²) >= 11 is 0. The Morgan fingerprint density at radius 3 is 3.11 bits per heavy atom. The third kappa shape index (κ3) is 3.91. The average Bonchev–Trinajstić information content (AvgIpc) is 2.37. The SMILES string of the molecule is CCCOc1cccc(NC2CCCN(C)C2)c1. The Bertz CT molecular complexity index is 367. The van der Waals surface area contributed by atoms with Gasteiger partial charge in [-0.25, -0.2) is 0 Å². The van der Waals surface area contributed by atoms with Crippen LogP contribution >= 0.6 is 0 Å². The van der Waals surface area contributed by atoms with Crippen LogP contribution in [0.3, 0.4) is 0 Å². The number of benzene rings is 1. The van der Waals surface area contributed by atoms with E-state index in [1.165, 1.54) is 25.1 Å². The van der Waals surface area contributed by atoms with Crippen molar-refractivity contribution in [2.75, 3.05) is 32.1 Å². The van der Waals surface area contributed by atoms with Gasteiger partial charge >= 0.3 is 0 Å². The van der Waals surface area contributed by atoms with E-state index in [1.54, 1.807) is 0 Å². The number of piperidine rings is 1. The highest BCUT2D eigenvalue weighted by atomic mass is 16.5. The van der Waals surface area contributed by atoms with E-state index in [0.29, 0.717) is 6.04 Å². The van der Waals surface area contributed by atoms with Crippen molar-refractivity contribution in [2.24, 2.45) is 0 Å². The molecule has 1 aliphatic rings. The molecule has 0 bridgehead atoms. The second kappa shape index (κ2) is 6.64. The van der Waals surface area contributed by atoms with Gasteiger partial charge in [-0.1, -0.05) is 13.0 Å². The number of ether oxygens (including phenoxy) is 1. The van der Waals surface area contributed by atoms with E-state index in [1.807, 2.05) is 6.07 Å². The minimum Gasteiger partial charge on any atom is -0.494 e. The summed E-state index contributed by atoms with van der Waals surface area (Å²) in [4.78, 5) is 2.39. The number of likely N-dealkylation sites (N-methyl/N-ethyl adjacent to an activating group) is 1. The molecule has 1 N–H and O–H groups in total. The maximum Gasteiger partial charge on any atom is 0.121 e. The Morgan fingerprint density at radius 1 is 1.44 bits per heavy atom. The third-order valence-electron chi connectivity index (χ3n) is 3.30. The molecular formula is C15H24N2O.